The summed E-state index contributed by atoms with van der Waals surface area (Å²) < 4.78 is 13.3. The summed E-state index contributed by atoms with van der Waals surface area (Å²) in [6.07, 6.45) is 4.37. The van der Waals surface area contributed by atoms with Gasteiger partial charge in [0, 0.05) is 32.6 Å². The second-order valence-electron chi connectivity index (χ2n) is 10.1. The summed E-state index contributed by atoms with van der Waals surface area (Å²) in [5.41, 5.74) is 1.84. The molecule has 0 unspecified atom stereocenters. The number of halogens is 1. The van der Waals surface area contributed by atoms with Crippen LogP contribution in [-0.4, -0.2) is 72.4 Å². The van der Waals surface area contributed by atoms with Gasteiger partial charge in [-0.15, -0.1) is 0 Å². The number of nitrogens with one attached hydrogen (secondary N) is 2. The molecule has 2 aliphatic rings. The molecule has 2 aromatic rings. The van der Waals surface area contributed by atoms with Gasteiger partial charge in [0.15, 0.2) is 10.9 Å². The molecule has 9 heteroatoms. The summed E-state index contributed by atoms with van der Waals surface area (Å²) in [7, 11) is 2.09. The van der Waals surface area contributed by atoms with E-state index in [1.807, 2.05) is 12.1 Å². The zero-order chi connectivity index (χ0) is 24.9. The van der Waals surface area contributed by atoms with Crippen LogP contribution in [0.1, 0.15) is 47.1 Å². The fourth-order valence-corrected chi connectivity index (χ4v) is 6.25. The molecule has 0 radical (unpaired) electrons. The number of benzene rings is 1. The summed E-state index contributed by atoms with van der Waals surface area (Å²) >= 11 is 1.22. The Labute approximate surface area is 211 Å². The molecule has 0 aliphatic carbocycles. The van der Waals surface area contributed by atoms with Crippen LogP contribution in [-0.2, 0) is 6.42 Å². The van der Waals surface area contributed by atoms with E-state index in [1.165, 1.54) is 36.7 Å². The number of hydrogen-bond acceptors (Lipinski definition) is 6. The van der Waals surface area contributed by atoms with Crippen molar-refractivity contribution in [2.24, 2.45) is 11.8 Å². The molecule has 0 spiro atoms. The molecule has 1 aromatic carbocycles. The minimum absolute atomic E-state index is 0.0401. The highest BCUT2D eigenvalue weighted by Gasteiger charge is 2.32. The van der Waals surface area contributed by atoms with Crippen molar-refractivity contribution < 1.29 is 14.0 Å². The second kappa shape index (κ2) is 11.6. The number of aryl methyl sites for hydroxylation is 1. The number of urea groups is 1. The number of amides is 2. The number of likely N-dealkylation sites (N-methyl/N-ethyl adjacent to an activating group) is 1. The first-order valence-corrected chi connectivity index (χ1v) is 13.3. The van der Waals surface area contributed by atoms with Crippen LogP contribution in [0.25, 0.3) is 0 Å². The minimum Gasteiger partial charge on any atom is -0.333 e. The number of nitrogens with zero attached hydrogens (tertiary/aromatic N) is 3. The Kier molecular flexibility index (Phi) is 8.51. The van der Waals surface area contributed by atoms with E-state index >= 15 is 0 Å². The van der Waals surface area contributed by atoms with Crippen LogP contribution in [0.3, 0.4) is 0 Å². The van der Waals surface area contributed by atoms with Crippen molar-refractivity contribution in [2.75, 3.05) is 45.1 Å². The molecule has 0 bridgehead atoms. The van der Waals surface area contributed by atoms with Crippen molar-refractivity contribution in [1.82, 2.24) is 20.1 Å². The van der Waals surface area contributed by atoms with E-state index < -0.39 is 0 Å². The van der Waals surface area contributed by atoms with Crippen LogP contribution < -0.4 is 10.6 Å². The van der Waals surface area contributed by atoms with Crippen molar-refractivity contribution >= 4 is 28.3 Å². The maximum atomic E-state index is 13.3. The third-order valence-electron chi connectivity index (χ3n) is 7.15. The number of ketones is 1. The van der Waals surface area contributed by atoms with E-state index in [4.69, 9.17) is 0 Å². The SMILES string of the molecule is CC(=O)c1sc(NC(=O)N[C@H]2CN(C)CC[C@H]2CN2CCC[C@@H](Cc3ccc(F)cc3)C2)nc1C. The number of thiazole rings is 1. The van der Waals surface area contributed by atoms with E-state index in [-0.39, 0.29) is 23.7 Å². The molecule has 0 saturated carbocycles. The summed E-state index contributed by atoms with van der Waals surface area (Å²) in [4.78, 5) is 34.2. The fraction of sp³-hybridized carbons (Fsp3) is 0.577. The number of likely N-dealkylation sites (tertiary alicyclic amines) is 2. The molecule has 4 rings (SSSR count). The van der Waals surface area contributed by atoms with Crippen LogP contribution in [0, 0.1) is 24.6 Å². The van der Waals surface area contributed by atoms with Gasteiger partial charge in [-0.1, -0.05) is 23.5 Å². The van der Waals surface area contributed by atoms with Crippen LogP contribution in [0.5, 0.6) is 0 Å². The predicted octanol–water partition coefficient (Wildman–Crippen LogP) is 4.19. The van der Waals surface area contributed by atoms with Crippen LogP contribution >= 0.6 is 11.3 Å². The zero-order valence-electron chi connectivity index (χ0n) is 20.8. The molecule has 3 atom stereocenters. The molecule has 7 nitrogen and oxygen atoms in total. The van der Waals surface area contributed by atoms with E-state index in [2.05, 4.69) is 32.5 Å². The van der Waals surface area contributed by atoms with Gasteiger partial charge in [0.05, 0.1) is 10.6 Å². The number of hydrogen-bond donors (Lipinski definition) is 2. The van der Waals surface area contributed by atoms with Crippen LogP contribution in [0.2, 0.25) is 0 Å². The Morgan fingerprint density at radius 3 is 2.66 bits per heavy atom. The van der Waals surface area contributed by atoms with Crippen molar-refractivity contribution in [3.8, 4) is 0 Å². The molecule has 2 saturated heterocycles. The minimum atomic E-state index is -0.271. The predicted molar refractivity (Wildman–Crippen MR) is 138 cm³/mol. The van der Waals surface area contributed by atoms with Crippen LogP contribution in [0.4, 0.5) is 14.3 Å². The zero-order valence-corrected chi connectivity index (χ0v) is 21.7. The lowest BCUT2D eigenvalue weighted by atomic mass is 9.88. The lowest BCUT2D eigenvalue weighted by Crippen LogP contribution is -2.55. The van der Waals surface area contributed by atoms with Crippen molar-refractivity contribution in [3.63, 3.8) is 0 Å². The first-order chi connectivity index (χ1) is 16.8. The molecule has 35 heavy (non-hydrogen) atoms. The second-order valence-corrected chi connectivity index (χ2v) is 11.1. The van der Waals surface area contributed by atoms with Crippen molar-refractivity contribution in [1.29, 1.82) is 0 Å². The molecule has 2 amide bonds. The average Bonchev–Trinajstić information content (AvgIpc) is 3.17. The Morgan fingerprint density at radius 2 is 1.94 bits per heavy atom. The third-order valence-corrected chi connectivity index (χ3v) is 8.32. The summed E-state index contributed by atoms with van der Waals surface area (Å²) in [5, 5.41) is 6.46. The maximum absolute atomic E-state index is 13.3. The van der Waals surface area contributed by atoms with E-state index in [0.29, 0.717) is 27.5 Å². The lowest BCUT2D eigenvalue weighted by Gasteiger charge is -2.41. The summed E-state index contributed by atoms with van der Waals surface area (Å²) in [6, 6.07) is 6.65. The number of Topliss-reactive ketones (excluding diaryl/α,β-unsaturated/α-hetero) is 1. The van der Waals surface area contributed by atoms with Crippen molar-refractivity contribution in [3.05, 3.63) is 46.2 Å². The normalized spacial score (nSPS) is 23.7. The molecule has 2 N–H and O–H groups in total. The number of rotatable bonds is 7. The van der Waals surface area contributed by atoms with Gasteiger partial charge in [-0.3, -0.25) is 10.1 Å². The van der Waals surface area contributed by atoms with Gasteiger partial charge < -0.3 is 15.1 Å². The maximum Gasteiger partial charge on any atom is 0.321 e. The number of piperidine rings is 2. The molecule has 190 valence electrons. The fourth-order valence-electron chi connectivity index (χ4n) is 5.39. The molecular formula is C26H36FN5O2S. The van der Waals surface area contributed by atoms with Gasteiger partial charge in [0.2, 0.25) is 0 Å². The van der Waals surface area contributed by atoms with E-state index in [9.17, 15) is 14.0 Å². The smallest absolute Gasteiger partial charge is 0.321 e. The van der Waals surface area contributed by atoms with Gasteiger partial charge in [-0.25, -0.2) is 14.2 Å². The standard InChI is InChI=1S/C26H36FN5O2S/c1-17-24(18(2)33)35-26(28-17)30-25(34)29-23-16-31(3)12-10-21(23)15-32-11-4-5-20(14-32)13-19-6-8-22(27)9-7-19/h6-9,20-21,23H,4-5,10-16H2,1-3H3,(H2,28,29,30,34)/t20-,21-,23-/m0/s1. The first-order valence-electron chi connectivity index (χ1n) is 12.5. The Bertz CT molecular complexity index is 1030. The van der Waals surface area contributed by atoms with Gasteiger partial charge >= 0.3 is 6.03 Å². The monoisotopic (exact) mass is 501 g/mol. The highest BCUT2D eigenvalue weighted by Crippen LogP contribution is 2.26. The molecule has 2 fully saturated rings. The third kappa shape index (κ3) is 7.08. The highest BCUT2D eigenvalue weighted by atomic mass is 32.1. The molecule has 3 heterocycles. The topological polar surface area (TPSA) is 77.6 Å². The quantitative estimate of drug-likeness (QED) is 0.557. The summed E-state index contributed by atoms with van der Waals surface area (Å²) in [5.74, 6) is 0.709. The Balaban J connectivity index is 1.33. The highest BCUT2D eigenvalue weighted by molar-refractivity contribution is 7.17. The molecular weight excluding hydrogens is 465 g/mol. The molecule has 2 aliphatic heterocycles. The Morgan fingerprint density at radius 1 is 1.17 bits per heavy atom. The van der Waals surface area contributed by atoms with Gasteiger partial charge in [0.25, 0.3) is 0 Å². The van der Waals surface area contributed by atoms with Gasteiger partial charge in [-0.05, 0) is 82.3 Å². The van der Waals surface area contributed by atoms with E-state index in [0.717, 1.165) is 45.6 Å². The molecule has 1 aromatic heterocycles. The van der Waals surface area contributed by atoms with Crippen molar-refractivity contribution in [2.45, 2.75) is 45.6 Å². The number of carbonyl (C=O) groups is 2. The van der Waals surface area contributed by atoms with Gasteiger partial charge in [-0.2, -0.15) is 0 Å². The average molecular weight is 502 g/mol. The first kappa shape index (κ1) is 25.7. The lowest BCUT2D eigenvalue weighted by molar-refractivity contribution is 0.0997. The summed E-state index contributed by atoms with van der Waals surface area (Å²) in [6.45, 7) is 8.20. The van der Waals surface area contributed by atoms with Gasteiger partial charge in [0.1, 0.15) is 5.82 Å². The van der Waals surface area contributed by atoms with E-state index in [1.54, 1.807) is 19.1 Å². The number of anilines is 1. The number of aromatic nitrogens is 1. The Hall–Kier alpha value is -2.36. The largest absolute Gasteiger partial charge is 0.333 e. The number of carbonyl (C=O) groups excluding carboxylic acids is 2. The van der Waals surface area contributed by atoms with Crippen LogP contribution in [0.15, 0.2) is 24.3 Å².